The average molecular weight is 393 g/mol. The van der Waals surface area contributed by atoms with Gasteiger partial charge in [-0.05, 0) is 31.1 Å². The number of rotatable bonds is 2. The van der Waals surface area contributed by atoms with E-state index in [9.17, 15) is 22.8 Å². The maximum atomic E-state index is 12.4. The molecular formula is C16H22F3N3O5. The van der Waals surface area contributed by atoms with Gasteiger partial charge in [-0.1, -0.05) is 0 Å². The number of carboxylic acids is 2. The zero-order chi connectivity index (χ0) is 20.0. The molecule has 2 aliphatic heterocycles. The molecule has 4 aliphatic rings. The van der Waals surface area contributed by atoms with Crippen molar-refractivity contribution in [3.05, 3.63) is 0 Å². The molecule has 1 atom stereocenters. The molecule has 152 valence electrons. The first-order chi connectivity index (χ1) is 12.5. The minimum Gasteiger partial charge on any atom is -0.481 e. The second kappa shape index (κ2) is 6.84. The van der Waals surface area contributed by atoms with Crippen molar-refractivity contribution in [3.63, 3.8) is 0 Å². The molecule has 27 heavy (non-hydrogen) atoms. The summed E-state index contributed by atoms with van der Waals surface area (Å²) in [6.45, 7) is 3.46. The third-order valence-corrected chi connectivity index (χ3v) is 5.98. The van der Waals surface area contributed by atoms with Crippen LogP contribution in [0.1, 0.15) is 25.7 Å². The number of carbonyl (C=O) groups is 3. The molecule has 2 heterocycles. The van der Waals surface area contributed by atoms with E-state index in [0.717, 1.165) is 51.9 Å². The van der Waals surface area contributed by atoms with Crippen LogP contribution < -0.4 is 5.32 Å². The smallest absolute Gasteiger partial charge is 0.481 e. The summed E-state index contributed by atoms with van der Waals surface area (Å²) in [7, 11) is 0. The quantitative estimate of drug-likeness (QED) is 0.645. The number of aliphatic carboxylic acids is 2. The summed E-state index contributed by atoms with van der Waals surface area (Å²) in [6.07, 6.45) is -1.43. The van der Waals surface area contributed by atoms with Gasteiger partial charge in [0.15, 0.2) is 0 Å². The molecular weight excluding hydrogens is 371 g/mol. The summed E-state index contributed by atoms with van der Waals surface area (Å²) < 4.78 is 31.7. The van der Waals surface area contributed by atoms with Gasteiger partial charge in [0.25, 0.3) is 0 Å². The predicted octanol–water partition coefficient (Wildman–Crippen LogP) is 0.973. The number of carboxylic acid groups (broad SMARTS) is 2. The van der Waals surface area contributed by atoms with Gasteiger partial charge in [0.2, 0.25) is 0 Å². The van der Waals surface area contributed by atoms with E-state index in [2.05, 4.69) is 5.32 Å². The Labute approximate surface area is 153 Å². The number of urea groups is 1. The summed E-state index contributed by atoms with van der Waals surface area (Å²) in [5.74, 6) is -3.55. The molecule has 4 fully saturated rings. The Bertz CT molecular complexity index is 627. The van der Waals surface area contributed by atoms with Gasteiger partial charge in [0.05, 0.1) is 12.0 Å². The summed E-state index contributed by atoms with van der Waals surface area (Å²) >= 11 is 0. The second-order valence-electron chi connectivity index (χ2n) is 7.79. The molecule has 11 heteroatoms. The van der Waals surface area contributed by atoms with Crippen LogP contribution in [0.15, 0.2) is 0 Å². The highest BCUT2D eigenvalue weighted by Crippen LogP contribution is 2.60. The molecule has 0 unspecified atom stereocenters. The minimum absolute atomic E-state index is 0.138. The normalized spacial score (nSPS) is 34.9. The standard InChI is InChI=1S/C14H21N3O3.C2HF3O2/c18-12(19)9-3-14(4-9)5-10(6-14)17-8-11-7-15-1-2-16(11)13(17)20;3-2(4,5)1(6)7/h9-11,15H,1-8H2,(H,18,19);(H,6,7)/t9?,10?,11-,14?;/m0./s1. The Morgan fingerprint density at radius 1 is 1.07 bits per heavy atom. The molecule has 1 spiro atoms. The highest BCUT2D eigenvalue weighted by molar-refractivity contribution is 5.78. The maximum absolute atomic E-state index is 12.4. The highest BCUT2D eigenvalue weighted by atomic mass is 19.4. The maximum Gasteiger partial charge on any atom is 0.490 e. The van der Waals surface area contributed by atoms with E-state index >= 15 is 0 Å². The second-order valence-corrected chi connectivity index (χ2v) is 7.79. The van der Waals surface area contributed by atoms with Crippen LogP contribution in [0.3, 0.4) is 0 Å². The number of hydrogen-bond acceptors (Lipinski definition) is 4. The number of amides is 2. The minimum atomic E-state index is -5.08. The van der Waals surface area contributed by atoms with Crippen molar-refractivity contribution in [1.82, 2.24) is 15.1 Å². The molecule has 8 nitrogen and oxygen atoms in total. The molecule has 0 aromatic carbocycles. The van der Waals surface area contributed by atoms with Crippen LogP contribution >= 0.6 is 0 Å². The zero-order valence-electron chi connectivity index (χ0n) is 14.5. The number of carbonyl (C=O) groups excluding carboxylic acids is 1. The summed E-state index contributed by atoms with van der Waals surface area (Å²) in [4.78, 5) is 36.2. The summed E-state index contributed by atoms with van der Waals surface area (Å²) in [6, 6.07) is 0.884. The number of hydrogen-bond donors (Lipinski definition) is 3. The molecule has 0 aromatic rings. The van der Waals surface area contributed by atoms with Crippen molar-refractivity contribution < 1.29 is 37.8 Å². The van der Waals surface area contributed by atoms with Crippen molar-refractivity contribution in [2.45, 2.75) is 43.9 Å². The van der Waals surface area contributed by atoms with Gasteiger partial charge in [0.1, 0.15) is 0 Å². The topological polar surface area (TPSA) is 110 Å². The molecule has 3 N–H and O–H groups in total. The number of piperazine rings is 1. The SMILES string of the molecule is O=C(O)C(F)(F)F.O=C(O)C1CC2(C1)CC(N1C[C@@H]3CNCCN3C1=O)C2. The van der Waals surface area contributed by atoms with Crippen molar-refractivity contribution in [2.24, 2.45) is 11.3 Å². The number of fused-ring (bicyclic) bond motifs is 1. The van der Waals surface area contributed by atoms with E-state index in [4.69, 9.17) is 15.0 Å². The van der Waals surface area contributed by atoms with Crippen LogP contribution in [0, 0.1) is 11.3 Å². The average Bonchev–Trinajstić information content (AvgIpc) is 2.81. The summed E-state index contributed by atoms with van der Waals surface area (Å²) in [5.41, 5.74) is 0.245. The van der Waals surface area contributed by atoms with Crippen molar-refractivity contribution in [3.8, 4) is 0 Å². The lowest BCUT2D eigenvalue weighted by atomic mass is 9.50. The molecule has 2 saturated carbocycles. The van der Waals surface area contributed by atoms with E-state index in [1.807, 2.05) is 9.80 Å². The first-order valence-corrected chi connectivity index (χ1v) is 8.83. The molecule has 0 aromatic heterocycles. The van der Waals surface area contributed by atoms with E-state index < -0.39 is 18.1 Å². The Balaban J connectivity index is 0.000000260. The Morgan fingerprint density at radius 3 is 2.15 bits per heavy atom. The highest BCUT2D eigenvalue weighted by Gasteiger charge is 2.58. The van der Waals surface area contributed by atoms with Crippen LogP contribution in [0.25, 0.3) is 0 Å². The van der Waals surface area contributed by atoms with Crippen LogP contribution in [0.5, 0.6) is 0 Å². The van der Waals surface area contributed by atoms with E-state index in [-0.39, 0.29) is 17.4 Å². The molecule has 4 rings (SSSR count). The predicted molar refractivity (Wildman–Crippen MR) is 85.0 cm³/mol. The molecule has 0 radical (unpaired) electrons. The number of nitrogens with zero attached hydrogens (tertiary/aromatic N) is 2. The Morgan fingerprint density at radius 2 is 1.67 bits per heavy atom. The third kappa shape index (κ3) is 3.83. The number of nitrogens with one attached hydrogen (secondary N) is 1. The number of halogens is 3. The lowest BCUT2D eigenvalue weighted by Gasteiger charge is -2.58. The van der Waals surface area contributed by atoms with Gasteiger partial charge in [-0.3, -0.25) is 4.79 Å². The van der Waals surface area contributed by atoms with Crippen molar-refractivity contribution in [2.75, 3.05) is 26.2 Å². The monoisotopic (exact) mass is 393 g/mol. The third-order valence-electron chi connectivity index (χ3n) is 5.98. The van der Waals surface area contributed by atoms with Crippen LogP contribution in [-0.2, 0) is 9.59 Å². The van der Waals surface area contributed by atoms with Crippen LogP contribution in [-0.4, -0.2) is 82.4 Å². The van der Waals surface area contributed by atoms with E-state index in [1.54, 1.807) is 0 Å². The lowest BCUT2D eigenvalue weighted by molar-refractivity contribution is -0.192. The van der Waals surface area contributed by atoms with Crippen LogP contribution in [0.4, 0.5) is 18.0 Å². The summed E-state index contributed by atoms with van der Waals surface area (Å²) in [5, 5.41) is 19.4. The molecule has 2 amide bonds. The number of alkyl halides is 3. The van der Waals surface area contributed by atoms with Crippen LogP contribution in [0.2, 0.25) is 0 Å². The van der Waals surface area contributed by atoms with Gasteiger partial charge in [-0.15, -0.1) is 0 Å². The fourth-order valence-corrected chi connectivity index (χ4v) is 4.61. The largest absolute Gasteiger partial charge is 0.490 e. The van der Waals surface area contributed by atoms with Crippen molar-refractivity contribution >= 4 is 18.0 Å². The van der Waals surface area contributed by atoms with E-state index in [1.165, 1.54) is 0 Å². The van der Waals surface area contributed by atoms with E-state index in [0.29, 0.717) is 12.1 Å². The fraction of sp³-hybridized carbons (Fsp3) is 0.812. The van der Waals surface area contributed by atoms with Gasteiger partial charge < -0.3 is 25.3 Å². The van der Waals surface area contributed by atoms with Gasteiger partial charge >= 0.3 is 24.1 Å². The Kier molecular flexibility index (Phi) is 5.00. The first-order valence-electron chi connectivity index (χ1n) is 8.83. The molecule has 2 aliphatic carbocycles. The first kappa shape index (κ1) is 19.7. The van der Waals surface area contributed by atoms with Gasteiger partial charge in [0, 0.05) is 32.2 Å². The molecule has 2 saturated heterocycles. The van der Waals surface area contributed by atoms with Gasteiger partial charge in [-0.25, -0.2) is 9.59 Å². The molecule has 0 bridgehead atoms. The zero-order valence-corrected chi connectivity index (χ0v) is 14.5. The Hall–Kier alpha value is -2.04. The fourth-order valence-electron chi connectivity index (χ4n) is 4.61. The lowest BCUT2D eigenvalue weighted by Crippen LogP contribution is -2.58. The van der Waals surface area contributed by atoms with Crippen molar-refractivity contribution in [1.29, 1.82) is 0 Å². The van der Waals surface area contributed by atoms with Gasteiger partial charge in [-0.2, -0.15) is 13.2 Å².